The summed E-state index contributed by atoms with van der Waals surface area (Å²) < 4.78 is 7.12. The van der Waals surface area contributed by atoms with Crippen LogP contribution in [-0.2, 0) is 11.2 Å². The van der Waals surface area contributed by atoms with E-state index in [4.69, 9.17) is 4.74 Å². The van der Waals surface area contributed by atoms with Crippen molar-refractivity contribution in [1.82, 2.24) is 19.7 Å². The maximum atomic E-state index is 11.6. The Morgan fingerprint density at radius 2 is 2.21 bits per heavy atom. The third kappa shape index (κ3) is 3.17. The molecule has 0 aromatic carbocycles. The molecule has 7 heteroatoms. The Balaban J connectivity index is 2.32. The summed E-state index contributed by atoms with van der Waals surface area (Å²) in [5.41, 5.74) is 0.398. The zero-order valence-electron chi connectivity index (χ0n) is 10.6. The van der Waals surface area contributed by atoms with Gasteiger partial charge < -0.3 is 4.74 Å². The molecule has 19 heavy (non-hydrogen) atoms. The number of carbonyl (C=O) groups excluding carboxylic acids is 1. The maximum Gasteiger partial charge on any atom is 0.341 e. The van der Waals surface area contributed by atoms with Gasteiger partial charge in [0.1, 0.15) is 10.4 Å². The average molecular weight is 325 g/mol. The monoisotopic (exact) mass is 324 g/mol. The van der Waals surface area contributed by atoms with Crippen LogP contribution in [0.5, 0.6) is 0 Å². The van der Waals surface area contributed by atoms with E-state index in [1.807, 2.05) is 6.92 Å². The molecule has 0 saturated carbocycles. The summed E-state index contributed by atoms with van der Waals surface area (Å²) in [7, 11) is 0. The first-order valence-corrected chi connectivity index (χ1v) is 6.69. The van der Waals surface area contributed by atoms with Crippen molar-refractivity contribution in [2.24, 2.45) is 0 Å². The molecule has 0 aliphatic rings. The van der Waals surface area contributed by atoms with Crippen LogP contribution >= 0.6 is 15.9 Å². The topological polar surface area (TPSA) is 69.9 Å². The smallest absolute Gasteiger partial charge is 0.341 e. The number of carbonyl (C=O) groups is 1. The largest absolute Gasteiger partial charge is 0.462 e. The van der Waals surface area contributed by atoms with Crippen LogP contribution in [0.2, 0.25) is 0 Å². The van der Waals surface area contributed by atoms with E-state index in [-0.39, 0.29) is 0 Å². The van der Waals surface area contributed by atoms with Crippen molar-refractivity contribution < 1.29 is 9.53 Å². The van der Waals surface area contributed by atoms with Gasteiger partial charge in [0.05, 0.1) is 18.4 Å². The van der Waals surface area contributed by atoms with E-state index < -0.39 is 5.97 Å². The van der Waals surface area contributed by atoms with Crippen LogP contribution in [0.4, 0.5) is 0 Å². The molecule has 0 aliphatic carbocycles. The summed E-state index contributed by atoms with van der Waals surface area (Å²) in [5, 5.41) is 4.11. The minimum absolute atomic E-state index is 0.336. The Bertz CT molecular complexity index is 597. The third-order valence-electron chi connectivity index (χ3n) is 2.37. The molecule has 2 rings (SSSR count). The quantitative estimate of drug-likeness (QED) is 0.636. The van der Waals surface area contributed by atoms with Gasteiger partial charge in [-0.1, -0.05) is 6.92 Å². The first kappa shape index (κ1) is 13.7. The highest BCUT2D eigenvalue weighted by Crippen LogP contribution is 2.13. The number of ether oxygens (including phenoxy) is 1. The molecular formula is C12H13BrN4O2. The van der Waals surface area contributed by atoms with Crippen molar-refractivity contribution in [2.45, 2.75) is 20.3 Å². The number of rotatable bonds is 4. The van der Waals surface area contributed by atoms with Crippen LogP contribution in [-0.4, -0.2) is 32.3 Å². The normalized spacial score (nSPS) is 10.5. The van der Waals surface area contributed by atoms with Crippen LogP contribution in [0.15, 0.2) is 23.1 Å². The molecule has 2 heterocycles. The molecule has 0 radical (unpaired) electrons. The number of hydrogen-bond acceptors (Lipinski definition) is 5. The van der Waals surface area contributed by atoms with Gasteiger partial charge in [0.15, 0.2) is 5.82 Å². The highest BCUT2D eigenvalue weighted by Gasteiger charge is 2.11. The minimum atomic E-state index is -0.391. The fourth-order valence-electron chi connectivity index (χ4n) is 1.50. The maximum absolute atomic E-state index is 11.6. The second-order valence-corrected chi connectivity index (χ2v) is 4.53. The summed E-state index contributed by atoms with van der Waals surface area (Å²) in [6.07, 6.45) is 3.77. The number of halogens is 1. The number of aryl methyl sites for hydroxylation is 1. The SMILES string of the molecule is CCOC(=O)c1cnn(-c2cc(Br)nc(CC)n2)c1. The lowest BCUT2D eigenvalue weighted by Gasteiger charge is -2.03. The van der Waals surface area contributed by atoms with Crippen molar-refractivity contribution in [1.29, 1.82) is 0 Å². The Kier molecular flexibility index (Phi) is 4.26. The second-order valence-electron chi connectivity index (χ2n) is 3.71. The Hall–Kier alpha value is -1.76. The number of esters is 1. The molecule has 0 atom stereocenters. The third-order valence-corrected chi connectivity index (χ3v) is 2.78. The molecule has 6 nitrogen and oxygen atoms in total. The molecule has 100 valence electrons. The fourth-order valence-corrected chi connectivity index (χ4v) is 1.90. The summed E-state index contributed by atoms with van der Waals surface area (Å²) >= 11 is 3.33. The van der Waals surface area contributed by atoms with Gasteiger partial charge in [-0.3, -0.25) is 0 Å². The van der Waals surface area contributed by atoms with E-state index in [0.29, 0.717) is 28.4 Å². The molecule has 0 saturated heterocycles. The van der Waals surface area contributed by atoms with Gasteiger partial charge in [-0.05, 0) is 22.9 Å². The zero-order chi connectivity index (χ0) is 13.8. The molecule has 2 aromatic rings. The van der Waals surface area contributed by atoms with Crippen molar-refractivity contribution in [3.8, 4) is 5.82 Å². The van der Waals surface area contributed by atoms with E-state index in [1.54, 1.807) is 19.2 Å². The Morgan fingerprint density at radius 3 is 2.89 bits per heavy atom. The molecule has 0 fully saturated rings. The van der Waals surface area contributed by atoms with E-state index >= 15 is 0 Å². The zero-order valence-corrected chi connectivity index (χ0v) is 12.2. The lowest BCUT2D eigenvalue weighted by molar-refractivity contribution is 0.0526. The van der Waals surface area contributed by atoms with Crippen LogP contribution in [0.1, 0.15) is 30.0 Å². The molecule has 0 bridgehead atoms. The average Bonchev–Trinajstić information content (AvgIpc) is 2.88. The summed E-state index contributed by atoms with van der Waals surface area (Å²) in [6, 6.07) is 1.74. The summed E-state index contributed by atoms with van der Waals surface area (Å²) in [6.45, 7) is 4.07. The second kappa shape index (κ2) is 5.92. The van der Waals surface area contributed by atoms with Crippen LogP contribution < -0.4 is 0 Å². The van der Waals surface area contributed by atoms with Gasteiger partial charge in [-0.15, -0.1) is 0 Å². The molecule has 2 aromatic heterocycles. The van der Waals surface area contributed by atoms with Gasteiger partial charge in [0.25, 0.3) is 0 Å². The highest BCUT2D eigenvalue weighted by molar-refractivity contribution is 9.10. The van der Waals surface area contributed by atoms with Crippen molar-refractivity contribution in [2.75, 3.05) is 6.61 Å². The predicted octanol–water partition coefficient (Wildman–Crippen LogP) is 2.16. The highest BCUT2D eigenvalue weighted by atomic mass is 79.9. The van der Waals surface area contributed by atoms with Crippen LogP contribution in [0.25, 0.3) is 5.82 Å². The fraction of sp³-hybridized carbons (Fsp3) is 0.333. The number of hydrogen-bond donors (Lipinski definition) is 0. The lowest BCUT2D eigenvalue weighted by atomic mass is 10.4. The molecule has 0 unspecified atom stereocenters. The van der Waals surface area contributed by atoms with Gasteiger partial charge in [0.2, 0.25) is 0 Å². The molecular weight excluding hydrogens is 312 g/mol. The summed E-state index contributed by atoms with van der Waals surface area (Å²) in [4.78, 5) is 20.1. The van der Waals surface area contributed by atoms with Crippen LogP contribution in [0.3, 0.4) is 0 Å². The predicted molar refractivity (Wildman–Crippen MR) is 72.2 cm³/mol. The van der Waals surface area contributed by atoms with Gasteiger partial charge in [0, 0.05) is 18.7 Å². The number of aromatic nitrogens is 4. The van der Waals surface area contributed by atoms with Crippen molar-refractivity contribution in [3.63, 3.8) is 0 Å². The van der Waals surface area contributed by atoms with Gasteiger partial charge in [-0.2, -0.15) is 5.10 Å². The number of nitrogens with zero attached hydrogens (tertiary/aromatic N) is 4. The van der Waals surface area contributed by atoms with Crippen molar-refractivity contribution >= 4 is 21.9 Å². The Morgan fingerprint density at radius 1 is 1.42 bits per heavy atom. The Labute approximate surface area is 119 Å². The molecule has 0 amide bonds. The first-order valence-electron chi connectivity index (χ1n) is 5.89. The van der Waals surface area contributed by atoms with Crippen LogP contribution in [0, 0.1) is 0 Å². The minimum Gasteiger partial charge on any atom is -0.462 e. The standard InChI is InChI=1S/C12H13BrN4O2/c1-3-10-15-9(13)5-11(16-10)17-7-8(6-14-17)12(18)19-4-2/h5-7H,3-4H2,1-2H3. The summed E-state index contributed by atoms with van der Waals surface area (Å²) in [5.74, 6) is 0.921. The molecule has 0 aliphatic heterocycles. The van der Waals surface area contributed by atoms with Gasteiger partial charge in [-0.25, -0.2) is 19.4 Å². The molecule has 0 N–H and O–H groups in total. The van der Waals surface area contributed by atoms with E-state index in [2.05, 4.69) is 31.0 Å². The van der Waals surface area contributed by atoms with E-state index in [0.717, 1.165) is 6.42 Å². The van der Waals surface area contributed by atoms with E-state index in [1.165, 1.54) is 10.9 Å². The first-order chi connectivity index (χ1) is 9.13. The lowest BCUT2D eigenvalue weighted by Crippen LogP contribution is -2.04. The molecule has 0 spiro atoms. The van der Waals surface area contributed by atoms with Crippen molar-refractivity contribution in [3.05, 3.63) is 34.5 Å². The van der Waals surface area contributed by atoms with E-state index in [9.17, 15) is 4.79 Å². The van der Waals surface area contributed by atoms with Gasteiger partial charge >= 0.3 is 5.97 Å².